The number of aromatic carboxylic acids is 1. The van der Waals surface area contributed by atoms with Crippen LogP contribution in [-0.4, -0.2) is 41.7 Å². The number of azo groups is 1. The van der Waals surface area contributed by atoms with Gasteiger partial charge in [-0.25, -0.2) is 4.79 Å². The van der Waals surface area contributed by atoms with Crippen molar-refractivity contribution in [3.05, 3.63) is 78.4 Å². The van der Waals surface area contributed by atoms with E-state index in [1.165, 1.54) is 94.9 Å². The van der Waals surface area contributed by atoms with Crippen molar-refractivity contribution >= 4 is 39.1 Å². The van der Waals surface area contributed by atoms with Crippen LogP contribution in [0.25, 0.3) is 0 Å². The summed E-state index contributed by atoms with van der Waals surface area (Å²) in [4.78, 5) is 24.6. The second-order valence-corrected chi connectivity index (χ2v) is 14.3. The highest BCUT2D eigenvalue weighted by atomic mass is 32.2. The normalized spacial score (nSPS) is 14.7. The molecule has 1 aliphatic rings. The molecular weight excluding hydrogens is 669 g/mol. The van der Waals surface area contributed by atoms with E-state index in [1.54, 1.807) is 42.5 Å². The fraction of sp³-hybridized carbons (Fsp3) is 0.462. The molecule has 4 rings (SSSR count). The van der Waals surface area contributed by atoms with Crippen molar-refractivity contribution in [3.63, 3.8) is 0 Å². The maximum Gasteiger partial charge on any atom is 0.335 e. The Balaban J connectivity index is 1.39. The Hall–Kier alpha value is -4.42. The molecule has 0 unspecified atom stereocenters. The molecule has 0 fully saturated rings. The predicted octanol–water partition coefficient (Wildman–Crippen LogP) is 10.5. The number of carbonyl (C=O) groups excluding carboxylic acids is 1. The summed E-state index contributed by atoms with van der Waals surface area (Å²) in [6.45, 7) is 2.25. The van der Waals surface area contributed by atoms with E-state index in [9.17, 15) is 27.7 Å². The SMILES string of the molecule is CCCCCCCCCCCCCCCCCC1=NN(c2ccc(Oc3ccccc3)c(S(=O)(=O)O)c2)C(=O)[C@@H]1N=Nc1cccc(C(=O)O)c1. The predicted molar refractivity (Wildman–Crippen MR) is 199 cm³/mol. The lowest BCUT2D eigenvalue weighted by Gasteiger charge is -2.15. The van der Waals surface area contributed by atoms with Crippen LogP contribution < -0.4 is 9.75 Å². The Morgan fingerprint density at radius 1 is 0.804 bits per heavy atom. The number of carbonyl (C=O) groups is 2. The molecular formula is C39H50N4O7S. The summed E-state index contributed by atoms with van der Waals surface area (Å²) >= 11 is 0. The molecule has 0 saturated carbocycles. The largest absolute Gasteiger partial charge is 0.478 e. The molecule has 12 heteroatoms. The van der Waals surface area contributed by atoms with Gasteiger partial charge in [0.1, 0.15) is 16.4 Å². The van der Waals surface area contributed by atoms with Crippen molar-refractivity contribution in [2.75, 3.05) is 5.01 Å². The average molecular weight is 719 g/mol. The number of nitrogens with zero attached hydrogens (tertiary/aromatic N) is 4. The number of benzene rings is 3. The number of carboxylic acid groups (broad SMARTS) is 1. The molecule has 0 bridgehead atoms. The number of hydrazone groups is 1. The molecule has 3 aromatic rings. The first kappa shape index (κ1) is 39.4. The zero-order valence-corrected chi connectivity index (χ0v) is 30.3. The molecule has 0 saturated heterocycles. The van der Waals surface area contributed by atoms with E-state index in [4.69, 9.17) is 4.74 Å². The van der Waals surface area contributed by atoms with Crippen LogP contribution in [0.5, 0.6) is 11.5 Å². The summed E-state index contributed by atoms with van der Waals surface area (Å²) in [7, 11) is -4.75. The van der Waals surface area contributed by atoms with Crippen LogP contribution in [-0.2, 0) is 14.9 Å². The minimum atomic E-state index is -4.75. The summed E-state index contributed by atoms with van der Waals surface area (Å²) in [5, 5.41) is 23.4. The Bertz CT molecular complexity index is 1750. The van der Waals surface area contributed by atoms with Gasteiger partial charge in [0.25, 0.3) is 16.0 Å². The Kier molecular flexibility index (Phi) is 15.8. The summed E-state index contributed by atoms with van der Waals surface area (Å²) in [6, 6.07) is 17.3. The minimum absolute atomic E-state index is 0.0353. The first-order valence-electron chi connectivity index (χ1n) is 18.2. The number of ether oxygens (including phenoxy) is 1. The summed E-state index contributed by atoms with van der Waals surface area (Å²) in [6.07, 6.45) is 18.9. The number of anilines is 1. The molecule has 1 atom stereocenters. The van der Waals surface area contributed by atoms with Crippen molar-refractivity contribution < 1.29 is 32.4 Å². The number of unbranched alkanes of at least 4 members (excludes halogenated alkanes) is 14. The fourth-order valence-corrected chi connectivity index (χ4v) is 6.65. The molecule has 1 aliphatic heterocycles. The second-order valence-electron chi connectivity index (χ2n) is 12.9. The van der Waals surface area contributed by atoms with E-state index >= 15 is 0 Å². The highest BCUT2D eigenvalue weighted by Crippen LogP contribution is 2.34. The van der Waals surface area contributed by atoms with E-state index in [-0.39, 0.29) is 22.7 Å². The smallest absolute Gasteiger partial charge is 0.335 e. The maximum absolute atomic E-state index is 13.7. The van der Waals surface area contributed by atoms with Gasteiger partial charge in [-0.3, -0.25) is 9.35 Å². The van der Waals surface area contributed by atoms with Crippen molar-refractivity contribution in [3.8, 4) is 11.5 Å². The van der Waals surface area contributed by atoms with E-state index in [0.29, 0.717) is 17.9 Å². The molecule has 11 nitrogen and oxygen atoms in total. The van der Waals surface area contributed by atoms with Gasteiger partial charge in [0.15, 0.2) is 6.04 Å². The molecule has 0 aliphatic carbocycles. The fourth-order valence-electron chi connectivity index (χ4n) is 6.01. The van der Waals surface area contributed by atoms with Crippen molar-refractivity contribution in [1.29, 1.82) is 0 Å². The minimum Gasteiger partial charge on any atom is -0.478 e. The molecule has 3 aromatic carbocycles. The number of para-hydroxylation sites is 1. The van der Waals surface area contributed by atoms with Crippen LogP contribution in [0, 0.1) is 0 Å². The zero-order valence-electron chi connectivity index (χ0n) is 29.5. The van der Waals surface area contributed by atoms with Gasteiger partial charge in [0.2, 0.25) is 0 Å². The number of rotatable bonds is 23. The standard InChI is InChI=1S/C39H50N4O7S/c1-2-3-4-5-6-7-8-9-10-11-12-13-14-15-19-25-34-37(41-40-31-22-20-21-30(28-31)39(45)46)38(44)43(42-34)32-26-27-35(36(29-32)51(47,48)49)50-33-23-17-16-18-24-33/h16-18,20-24,26-29,37H,2-15,19,25H2,1H3,(H,45,46)(H,47,48,49)/t37-/m1/s1. The van der Waals surface area contributed by atoms with E-state index in [1.807, 2.05) is 0 Å². The average Bonchev–Trinajstić information content (AvgIpc) is 3.43. The van der Waals surface area contributed by atoms with Crippen LogP contribution in [0.2, 0.25) is 0 Å². The van der Waals surface area contributed by atoms with Gasteiger partial charge in [0, 0.05) is 0 Å². The Morgan fingerprint density at radius 2 is 1.41 bits per heavy atom. The first-order valence-corrected chi connectivity index (χ1v) is 19.6. The molecule has 0 aromatic heterocycles. The van der Waals surface area contributed by atoms with E-state index < -0.39 is 32.9 Å². The Labute approximate surface area is 301 Å². The lowest BCUT2D eigenvalue weighted by molar-refractivity contribution is -0.117. The van der Waals surface area contributed by atoms with Crippen LogP contribution in [0.15, 0.2) is 93.0 Å². The topological polar surface area (TPSA) is 158 Å². The number of amides is 1. The van der Waals surface area contributed by atoms with Gasteiger partial charge in [-0.15, -0.1) is 0 Å². The van der Waals surface area contributed by atoms with Crippen molar-refractivity contribution in [2.45, 2.75) is 121 Å². The number of hydrogen-bond acceptors (Lipinski definition) is 8. The molecule has 0 spiro atoms. The molecule has 274 valence electrons. The monoisotopic (exact) mass is 718 g/mol. The van der Waals surface area contributed by atoms with Gasteiger partial charge in [-0.1, -0.05) is 121 Å². The number of hydrogen-bond donors (Lipinski definition) is 2. The Morgan fingerprint density at radius 3 is 2.00 bits per heavy atom. The third-order valence-corrected chi connectivity index (χ3v) is 9.70. The lowest BCUT2D eigenvalue weighted by Crippen LogP contribution is -2.30. The first-order chi connectivity index (χ1) is 24.7. The van der Waals surface area contributed by atoms with Gasteiger partial charge in [0.05, 0.1) is 22.6 Å². The van der Waals surface area contributed by atoms with E-state index in [2.05, 4.69) is 22.3 Å². The molecule has 2 N–H and O–H groups in total. The van der Waals surface area contributed by atoms with Crippen LogP contribution in [0.3, 0.4) is 0 Å². The summed E-state index contributed by atoms with van der Waals surface area (Å²) < 4.78 is 40.5. The highest BCUT2D eigenvalue weighted by molar-refractivity contribution is 7.86. The maximum atomic E-state index is 13.7. The van der Waals surface area contributed by atoms with Gasteiger partial charge in [-0.2, -0.15) is 28.8 Å². The van der Waals surface area contributed by atoms with Gasteiger partial charge in [-0.05, 0) is 61.4 Å². The zero-order chi connectivity index (χ0) is 36.5. The second kappa shape index (κ2) is 20.4. The third-order valence-electron chi connectivity index (χ3n) is 8.83. The van der Waals surface area contributed by atoms with E-state index in [0.717, 1.165) is 36.8 Å². The molecule has 51 heavy (non-hydrogen) atoms. The van der Waals surface area contributed by atoms with Crippen LogP contribution >= 0.6 is 0 Å². The van der Waals surface area contributed by atoms with Crippen molar-refractivity contribution in [1.82, 2.24) is 0 Å². The summed E-state index contributed by atoms with van der Waals surface area (Å²) in [5.74, 6) is -1.42. The van der Waals surface area contributed by atoms with Crippen LogP contribution in [0.4, 0.5) is 11.4 Å². The molecule has 1 amide bonds. The van der Waals surface area contributed by atoms with Crippen LogP contribution in [0.1, 0.15) is 120 Å². The van der Waals surface area contributed by atoms with Crippen molar-refractivity contribution in [2.24, 2.45) is 15.3 Å². The number of carboxylic acids is 1. The summed E-state index contributed by atoms with van der Waals surface area (Å²) in [5.41, 5.74) is 0.870. The molecule has 1 heterocycles. The molecule has 0 radical (unpaired) electrons. The van der Waals surface area contributed by atoms with Gasteiger partial charge >= 0.3 is 5.97 Å². The third kappa shape index (κ3) is 12.7. The quantitative estimate of drug-likeness (QED) is 0.0561. The highest BCUT2D eigenvalue weighted by Gasteiger charge is 2.37. The van der Waals surface area contributed by atoms with Gasteiger partial charge < -0.3 is 9.84 Å². The lowest BCUT2D eigenvalue weighted by atomic mass is 10.0.